The van der Waals surface area contributed by atoms with Crippen LogP contribution in [-0.2, 0) is 0 Å². The van der Waals surface area contributed by atoms with E-state index in [-0.39, 0.29) is 6.04 Å². The minimum atomic E-state index is 0.246. The number of ether oxygens (including phenoxy) is 1. The van der Waals surface area contributed by atoms with E-state index in [0.29, 0.717) is 6.04 Å². The van der Waals surface area contributed by atoms with Crippen molar-refractivity contribution in [2.45, 2.75) is 32.4 Å². The number of rotatable bonds is 6. The maximum Gasteiger partial charge on any atom is 0.118 e. The molecular weight excluding hydrogens is 282 g/mol. The van der Waals surface area contributed by atoms with Crippen LogP contribution in [0.2, 0.25) is 5.02 Å². The van der Waals surface area contributed by atoms with E-state index in [4.69, 9.17) is 16.3 Å². The first-order valence-corrected chi connectivity index (χ1v) is 7.67. The second kappa shape index (κ2) is 7.48. The second-order valence-corrected chi connectivity index (χ2v) is 5.61. The highest BCUT2D eigenvalue weighted by Crippen LogP contribution is 2.25. The molecule has 0 aliphatic carbocycles. The van der Waals surface area contributed by atoms with Gasteiger partial charge in [0.25, 0.3) is 0 Å². The fourth-order valence-corrected chi connectivity index (χ4v) is 2.66. The molecule has 3 heteroatoms. The summed E-state index contributed by atoms with van der Waals surface area (Å²) in [7, 11) is 1.69. The maximum absolute atomic E-state index is 6.07. The van der Waals surface area contributed by atoms with E-state index in [1.54, 1.807) is 7.11 Å². The molecule has 0 radical (unpaired) electrons. The predicted octanol–water partition coefficient (Wildman–Crippen LogP) is 5.15. The lowest BCUT2D eigenvalue weighted by Gasteiger charge is -2.23. The summed E-state index contributed by atoms with van der Waals surface area (Å²) in [5, 5.41) is 4.44. The van der Waals surface area contributed by atoms with Gasteiger partial charge in [-0.25, -0.2) is 0 Å². The summed E-state index contributed by atoms with van der Waals surface area (Å²) in [4.78, 5) is 0. The van der Waals surface area contributed by atoms with Crippen LogP contribution >= 0.6 is 11.6 Å². The molecule has 0 spiro atoms. The van der Waals surface area contributed by atoms with Crippen molar-refractivity contribution < 1.29 is 4.74 Å². The summed E-state index contributed by atoms with van der Waals surface area (Å²) in [6.45, 7) is 4.35. The van der Waals surface area contributed by atoms with Crippen LogP contribution in [0.5, 0.6) is 5.75 Å². The Kier molecular flexibility index (Phi) is 5.66. The number of benzene rings is 2. The number of halogens is 1. The fraction of sp³-hybridized carbons (Fsp3) is 0.333. The van der Waals surface area contributed by atoms with Crippen LogP contribution < -0.4 is 10.1 Å². The summed E-state index contributed by atoms with van der Waals surface area (Å²) in [6.07, 6.45) is 1.03. The van der Waals surface area contributed by atoms with Crippen molar-refractivity contribution in [2.75, 3.05) is 7.11 Å². The van der Waals surface area contributed by atoms with Gasteiger partial charge in [-0.05, 0) is 48.7 Å². The van der Waals surface area contributed by atoms with Gasteiger partial charge in [-0.3, -0.25) is 0 Å². The zero-order valence-electron chi connectivity index (χ0n) is 12.8. The average Bonchev–Trinajstić information content (AvgIpc) is 2.52. The third-order valence-corrected chi connectivity index (χ3v) is 3.96. The van der Waals surface area contributed by atoms with Crippen LogP contribution in [0.15, 0.2) is 48.5 Å². The van der Waals surface area contributed by atoms with Crippen molar-refractivity contribution in [3.05, 3.63) is 64.7 Å². The average molecular weight is 304 g/mol. The Morgan fingerprint density at radius 3 is 2.38 bits per heavy atom. The molecule has 0 aliphatic rings. The van der Waals surface area contributed by atoms with E-state index in [1.807, 2.05) is 30.3 Å². The number of methoxy groups -OCH3 is 1. The highest BCUT2D eigenvalue weighted by Gasteiger charge is 2.14. The van der Waals surface area contributed by atoms with E-state index in [1.165, 1.54) is 11.1 Å². The first-order valence-electron chi connectivity index (χ1n) is 7.29. The van der Waals surface area contributed by atoms with Crippen molar-refractivity contribution >= 4 is 11.6 Å². The first kappa shape index (κ1) is 15.9. The van der Waals surface area contributed by atoms with Gasteiger partial charge in [-0.15, -0.1) is 0 Å². The van der Waals surface area contributed by atoms with Crippen molar-refractivity contribution in [2.24, 2.45) is 0 Å². The lowest BCUT2D eigenvalue weighted by molar-refractivity contribution is 0.413. The second-order valence-electron chi connectivity index (χ2n) is 5.18. The van der Waals surface area contributed by atoms with E-state index in [0.717, 1.165) is 17.2 Å². The fourth-order valence-electron chi connectivity index (χ4n) is 2.46. The Morgan fingerprint density at radius 1 is 1.10 bits per heavy atom. The molecule has 112 valence electrons. The quantitative estimate of drug-likeness (QED) is 0.796. The van der Waals surface area contributed by atoms with Crippen LogP contribution in [0.1, 0.15) is 43.5 Å². The normalized spacial score (nSPS) is 13.7. The molecule has 0 saturated heterocycles. The monoisotopic (exact) mass is 303 g/mol. The maximum atomic E-state index is 6.07. The Balaban J connectivity index is 2.10. The zero-order chi connectivity index (χ0) is 15.2. The van der Waals surface area contributed by atoms with Crippen molar-refractivity contribution in [1.29, 1.82) is 0 Å². The van der Waals surface area contributed by atoms with Gasteiger partial charge < -0.3 is 10.1 Å². The van der Waals surface area contributed by atoms with Gasteiger partial charge in [0.2, 0.25) is 0 Å². The largest absolute Gasteiger partial charge is 0.497 e. The molecule has 0 bridgehead atoms. The van der Waals surface area contributed by atoms with Crippen molar-refractivity contribution in [1.82, 2.24) is 5.32 Å². The molecule has 0 heterocycles. The molecule has 0 fully saturated rings. The van der Waals surface area contributed by atoms with Crippen molar-refractivity contribution in [3.63, 3.8) is 0 Å². The van der Waals surface area contributed by atoms with Gasteiger partial charge in [0.15, 0.2) is 0 Å². The number of hydrogen-bond donors (Lipinski definition) is 1. The Labute approximate surface area is 132 Å². The molecule has 21 heavy (non-hydrogen) atoms. The molecule has 0 amide bonds. The van der Waals surface area contributed by atoms with E-state index < -0.39 is 0 Å². The summed E-state index contributed by atoms with van der Waals surface area (Å²) in [6, 6.07) is 16.8. The Hall–Kier alpha value is -1.51. The van der Waals surface area contributed by atoms with Crippen LogP contribution in [-0.4, -0.2) is 7.11 Å². The van der Waals surface area contributed by atoms with Gasteiger partial charge in [0.1, 0.15) is 5.75 Å². The molecular formula is C18H22ClNO. The summed E-state index contributed by atoms with van der Waals surface area (Å²) in [5.41, 5.74) is 2.47. The van der Waals surface area contributed by atoms with E-state index in [2.05, 4.69) is 37.4 Å². The standard InChI is InChI=1S/C18H22ClNO/c1-4-18(14-8-10-17(21-3)11-9-14)20-13(2)15-6-5-7-16(19)12-15/h5-13,18,20H,4H2,1-3H3. The number of hydrogen-bond acceptors (Lipinski definition) is 2. The summed E-state index contributed by atoms with van der Waals surface area (Å²) >= 11 is 6.07. The molecule has 2 nitrogen and oxygen atoms in total. The minimum absolute atomic E-state index is 0.246. The third kappa shape index (κ3) is 4.23. The van der Waals surface area contributed by atoms with Crippen LogP contribution in [0.4, 0.5) is 0 Å². The lowest BCUT2D eigenvalue weighted by atomic mass is 10.0. The van der Waals surface area contributed by atoms with Gasteiger partial charge in [-0.1, -0.05) is 42.8 Å². The van der Waals surface area contributed by atoms with Crippen LogP contribution in [0.25, 0.3) is 0 Å². The molecule has 1 N–H and O–H groups in total. The first-order chi connectivity index (χ1) is 10.1. The molecule has 2 aromatic rings. The summed E-state index contributed by atoms with van der Waals surface area (Å²) < 4.78 is 5.21. The Morgan fingerprint density at radius 2 is 1.81 bits per heavy atom. The molecule has 0 saturated carbocycles. The van der Waals surface area contributed by atoms with Crippen LogP contribution in [0.3, 0.4) is 0 Å². The Bertz CT molecular complexity index is 568. The smallest absolute Gasteiger partial charge is 0.118 e. The van der Waals surface area contributed by atoms with Gasteiger partial charge in [0, 0.05) is 17.1 Å². The van der Waals surface area contributed by atoms with Crippen LogP contribution in [0, 0.1) is 0 Å². The molecule has 2 rings (SSSR count). The van der Waals surface area contributed by atoms with Gasteiger partial charge >= 0.3 is 0 Å². The molecule has 2 aromatic carbocycles. The van der Waals surface area contributed by atoms with Gasteiger partial charge in [0.05, 0.1) is 7.11 Å². The SMILES string of the molecule is CCC(NC(C)c1cccc(Cl)c1)c1ccc(OC)cc1. The molecule has 2 atom stereocenters. The minimum Gasteiger partial charge on any atom is -0.497 e. The van der Waals surface area contributed by atoms with Crippen molar-refractivity contribution in [3.8, 4) is 5.75 Å². The number of nitrogens with one attached hydrogen (secondary N) is 1. The van der Waals surface area contributed by atoms with E-state index in [9.17, 15) is 0 Å². The topological polar surface area (TPSA) is 21.3 Å². The molecule has 2 unspecified atom stereocenters. The molecule has 0 aromatic heterocycles. The predicted molar refractivity (Wildman–Crippen MR) is 89.0 cm³/mol. The third-order valence-electron chi connectivity index (χ3n) is 3.73. The highest BCUT2D eigenvalue weighted by atomic mass is 35.5. The molecule has 0 aliphatic heterocycles. The van der Waals surface area contributed by atoms with Gasteiger partial charge in [-0.2, -0.15) is 0 Å². The summed E-state index contributed by atoms with van der Waals surface area (Å²) in [5.74, 6) is 0.886. The zero-order valence-corrected chi connectivity index (χ0v) is 13.5. The van der Waals surface area contributed by atoms with E-state index >= 15 is 0 Å². The lowest BCUT2D eigenvalue weighted by Crippen LogP contribution is -2.24. The highest BCUT2D eigenvalue weighted by molar-refractivity contribution is 6.30.